The standard InChI is InChI=1S/C32H24BrClF3N3O5/c1-3-5-14-6-4-7-16(27(14)42)24-15-8-9-17-25(18(15)12-19-26(24)22(41)13-20(33)28(19)43)31(45)40(30(17)44)39(2)29-21(34)10-11-23(38-29)32(35,36)37/h3-4,6-8,10-11,13,17-18,24-25,42H,1,5,9,12H2,2H3. The molecule has 4 unspecified atom stereocenters. The fourth-order valence-electron chi connectivity index (χ4n) is 6.92. The number of allylic oxidation sites excluding steroid dienone is 7. The van der Waals surface area contributed by atoms with E-state index in [-0.39, 0.29) is 39.2 Å². The number of benzene rings is 1. The number of phenolic OH excluding ortho intramolecular Hbond substituents is 1. The van der Waals surface area contributed by atoms with Gasteiger partial charge in [0.15, 0.2) is 17.4 Å². The summed E-state index contributed by atoms with van der Waals surface area (Å²) in [4.78, 5) is 58.4. The SMILES string of the molecule is C=CCc1cccc(C2C3=CCC4C(=O)N(N(C)c5nc(C(F)(F)F)ccc5Cl)C(=O)C4C3CC3=C2C(=O)C=C(Br)C3=O)c1O. The van der Waals surface area contributed by atoms with Gasteiger partial charge < -0.3 is 5.11 Å². The van der Waals surface area contributed by atoms with Crippen LogP contribution in [0.25, 0.3) is 0 Å². The summed E-state index contributed by atoms with van der Waals surface area (Å²) < 4.78 is 40.4. The summed E-state index contributed by atoms with van der Waals surface area (Å²) in [6.07, 6.45) is 0.182. The van der Waals surface area contributed by atoms with Crippen molar-refractivity contribution in [2.75, 3.05) is 12.1 Å². The average Bonchev–Trinajstić information content (AvgIpc) is 3.25. The second-order valence-electron chi connectivity index (χ2n) is 11.3. The molecule has 0 radical (unpaired) electrons. The molecule has 1 aliphatic heterocycles. The highest BCUT2D eigenvalue weighted by Crippen LogP contribution is 2.56. The molecule has 8 nitrogen and oxygen atoms in total. The van der Waals surface area contributed by atoms with E-state index in [2.05, 4.69) is 27.5 Å². The largest absolute Gasteiger partial charge is 0.507 e. The molecular formula is C32H24BrClF3N3O5. The molecule has 3 aliphatic carbocycles. The normalized spacial score (nSPS) is 24.6. The summed E-state index contributed by atoms with van der Waals surface area (Å²) in [6.45, 7) is 3.73. The second-order valence-corrected chi connectivity index (χ2v) is 12.5. The van der Waals surface area contributed by atoms with Crippen molar-refractivity contribution in [2.24, 2.45) is 17.8 Å². The van der Waals surface area contributed by atoms with Crippen molar-refractivity contribution in [2.45, 2.75) is 31.4 Å². The Balaban J connectivity index is 1.45. The zero-order valence-electron chi connectivity index (χ0n) is 23.6. The minimum Gasteiger partial charge on any atom is -0.507 e. The van der Waals surface area contributed by atoms with E-state index in [9.17, 15) is 37.5 Å². The number of nitrogens with zero attached hydrogens (tertiary/aromatic N) is 3. The number of aromatic hydroxyl groups is 1. The van der Waals surface area contributed by atoms with Crippen LogP contribution in [-0.4, -0.2) is 45.5 Å². The van der Waals surface area contributed by atoms with E-state index >= 15 is 0 Å². The Morgan fingerprint density at radius 3 is 2.58 bits per heavy atom. The molecule has 6 rings (SSSR count). The zero-order chi connectivity index (χ0) is 32.5. The van der Waals surface area contributed by atoms with Crippen LogP contribution in [0.4, 0.5) is 19.0 Å². The summed E-state index contributed by atoms with van der Waals surface area (Å²) in [5, 5.41) is 12.8. The Morgan fingerprint density at radius 1 is 1.16 bits per heavy atom. The molecular weight excluding hydrogens is 679 g/mol. The van der Waals surface area contributed by atoms with E-state index in [1.807, 2.05) is 0 Å². The predicted molar refractivity (Wildman–Crippen MR) is 161 cm³/mol. The van der Waals surface area contributed by atoms with Crippen molar-refractivity contribution in [3.05, 3.63) is 98.2 Å². The van der Waals surface area contributed by atoms with Gasteiger partial charge in [0.05, 0.1) is 21.3 Å². The molecule has 2 heterocycles. The smallest absolute Gasteiger partial charge is 0.433 e. The first-order valence-electron chi connectivity index (χ1n) is 13.9. The van der Waals surface area contributed by atoms with Gasteiger partial charge in [-0.1, -0.05) is 47.5 Å². The average molecular weight is 703 g/mol. The van der Waals surface area contributed by atoms with E-state index in [0.29, 0.717) is 29.2 Å². The van der Waals surface area contributed by atoms with Gasteiger partial charge in [-0.3, -0.25) is 24.2 Å². The summed E-state index contributed by atoms with van der Waals surface area (Å²) in [7, 11) is 1.23. The number of pyridine rings is 1. The van der Waals surface area contributed by atoms with Crippen LogP contribution >= 0.6 is 27.5 Å². The summed E-state index contributed by atoms with van der Waals surface area (Å²) in [5.41, 5.74) is 0.648. The summed E-state index contributed by atoms with van der Waals surface area (Å²) in [5.74, 6) is -6.24. The monoisotopic (exact) mass is 701 g/mol. The lowest BCUT2D eigenvalue weighted by Gasteiger charge is -2.42. The molecule has 0 spiro atoms. The highest BCUT2D eigenvalue weighted by atomic mass is 79.9. The van der Waals surface area contributed by atoms with Gasteiger partial charge >= 0.3 is 6.18 Å². The Bertz CT molecular complexity index is 1820. The number of hydrazine groups is 1. The number of hydrogen-bond acceptors (Lipinski definition) is 7. The van der Waals surface area contributed by atoms with E-state index in [1.54, 1.807) is 30.4 Å². The first kappa shape index (κ1) is 31.0. The number of anilines is 1. The molecule has 0 bridgehead atoms. The number of amides is 2. The highest BCUT2D eigenvalue weighted by molar-refractivity contribution is 9.12. The van der Waals surface area contributed by atoms with E-state index in [1.165, 1.54) is 13.1 Å². The third-order valence-corrected chi connectivity index (χ3v) is 9.74. The highest BCUT2D eigenvalue weighted by Gasteiger charge is 2.58. The number of hydrogen-bond donors (Lipinski definition) is 1. The van der Waals surface area contributed by atoms with Crippen molar-refractivity contribution in [1.29, 1.82) is 0 Å². The molecule has 2 aromatic rings. The van der Waals surface area contributed by atoms with Crippen LogP contribution in [0.2, 0.25) is 5.02 Å². The lowest BCUT2D eigenvalue weighted by atomic mass is 9.59. The van der Waals surface area contributed by atoms with Crippen LogP contribution in [0.3, 0.4) is 0 Å². The molecule has 2 amide bonds. The topological polar surface area (TPSA) is 108 Å². The molecule has 1 fully saturated rings. The fourth-order valence-corrected chi connectivity index (χ4v) is 7.59. The number of imide groups is 1. The third kappa shape index (κ3) is 4.85. The molecule has 1 aromatic heterocycles. The van der Waals surface area contributed by atoms with Crippen LogP contribution in [0.1, 0.15) is 35.6 Å². The van der Waals surface area contributed by atoms with Gasteiger partial charge in [-0.2, -0.15) is 18.2 Å². The quantitative estimate of drug-likeness (QED) is 0.231. The number of rotatable bonds is 5. The number of ketones is 2. The van der Waals surface area contributed by atoms with Gasteiger partial charge in [0.2, 0.25) is 0 Å². The van der Waals surface area contributed by atoms with Gasteiger partial charge in [-0.05, 0) is 58.8 Å². The molecule has 4 atom stereocenters. The van der Waals surface area contributed by atoms with Gasteiger partial charge in [-0.15, -0.1) is 6.58 Å². The van der Waals surface area contributed by atoms with E-state index < -0.39 is 64.7 Å². The number of fused-ring (bicyclic) bond motifs is 3. The van der Waals surface area contributed by atoms with Crippen LogP contribution in [0, 0.1) is 17.8 Å². The fraction of sp³-hybridized carbons (Fsp3) is 0.281. The Labute approximate surface area is 268 Å². The van der Waals surface area contributed by atoms with Crippen molar-refractivity contribution in [3.63, 3.8) is 0 Å². The summed E-state index contributed by atoms with van der Waals surface area (Å²) in [6, 6.07) is 6.78. The Kier molecular flexibility index (Phi) is 7.64. The minimum absolute atomic E-state index is 0.0292. The number of aromatic nitrogens is 1. The number of carbonyl (C=O) groups is 4. The van der Waals surface area contributed by atoms with E-state index in [4.69, 9.17) is 11.6 Å². The molecule has 232 valence electrons. The van der Waals surface area contributed by atoms with Crippen molar-refractivity contribution in [3.8, 4) is 5.75 Å². The van der Waals surface area contributed by atoms with Gasteiger partial charge in [0.1, 0.15) is 11.4 Å². The Morgan fingerprint density at radius 2 is 1.89 bits per heavy atom. The van der Waals surface area contributed by atoms with Crippen molar-refractivity contribution in [1.82, 2.24) is 9.99 Å². The first-order valence-corrected chi connectivity index (χ1v) is 15.1. The number of para-hydroxylation sites is 1. The second kappa shape index (κ2) is 11.1. The number of alkyl halides is 3. The lowest BCUT2D eigenvalue weighted by Crippen LogP contribution is -2.46. The summed E-state index contributed by atoms with van der Waals surface area (Å²) >= 11 is 9.36. The number of halogens is 5. The third-order valence-electron chi connectivity index (χ3n) is 8.86. The van der Waals surface area contributed by atoms with Gasteiger partial charge in [-0.25, -0.2) is 4.98 Å². The van der Waals surface area contributed by atoms with Crippen LogP contribution in [0.15, 0.2) is 76.3 Å². The first-order chi connectivity index (χ1) is 21.3. The molecule has 0 saturated carbocycles. The maximum atomic E-state index is 14.1. The maximum absolute atomic E-state index is 14.1. The molecule has 13 heteroatoms. The minimum atomic E-state index is -4.80. The number of Topliss-reactive ketones (excluding diaryl/α,β-unsaturated/α-hetero) is 1. The van der Waals surface area contributed by atoms with Gasteiger partial charge in [0, 0.05) is 35.8 Å². The molecule has 45 heavy (non-hydrogen) atoms. The van der Waals surface area contributed by atoms with Gasteiger partial charge in [0.25, 0.3) is 11.8 Å². The Hall–Kier alpha value is -4.03. The van der Waals surface area contributed by atoms with Crippen LogP contribution in [-0.2, 0) is 31.8 Å². The van der Waals surface area contributed by atoms with Crippen molar-refractivity contribution >= 4 is 56.7 Å². The molecule has 1 aromatic carbocycles. The van der Waals surface area contributed by atoms with Crippen molar-refractivity contribution < 1.29 is 37.5 Å². The molecule has 4 aliphatic rings. The maximum Gasteiger partial charge on any atom is 0.433 e. The zero-order valence-corrected chi connectivity index (χ0v) is 25.9. The number of carbonyl (C=O) groups excluding carboxylic acids is 4. The molecule has 1 N–H and O–H groups in total. The van der Waals surface area contributed by atoms with Crippen LogP contribution < -0.4 is 5.01 Å². The lowest BCUT2D eigenvalue weighted by molar-refractivity contribution is -0.141. The predicted octanol–water partition coefficient (Wildman–Crippen LogP) is 6.00. The van der Waals surface area contributed by atoms with Crippen LogP contribution in [0.5, 0.6) is 5.75 Å². The number of phenols is 1. The van der Waals surface area contributed by atoms with E-state index in [0.717, 1.165) is 16.1 Å². The molecule has 1 saturated heterocycles.